The summed E-state index contributed by atoms with van der Waals surface area (Å²) in [5.74, 6) is 0.228. The van der Waals surface area contributed by atoms with Gasteiger partial charge in [-0.3, -0.25) is 0 Å². The van der Waals surface area contributed by atoms with E-state index in [-0.39, 0.29) is 17.5 Å². The molecule has 1 unspecified atom stereocenters. The number of halogens is 1. The maximum absolute atomic E-state index is 11.7. The molecule has 0 aliphatic rings. The number of anilines is 1. The molecule has 0 aliphatic carbocycles. The van der Waals surface area contributed by atoms with Gasteiger partial charge < -0.3 is 5.32 Å². The molecule has 0 fully saturated rings. The molecule has 6 nitrogen and oxygen atoms in total. The van der Waals surface area contributed by atoms with Crippen molar-refractivity contribution in [1.82, 2.24) is 14.6 Å². The molecule has 9 heteroatoms. The maximum atomic E-state index is 11.7. The van der Waals surface area contributed by atoms with E-state index < -0.39 is 9.84 Å². The molecule has 24 heavy (non-hydrogen) atoms. The highest BCUT2D eigenvalue weighted by Gasteiger charge is 2.16. The Balaban J connectivity index is 1.76. The molecule has 2 heterocycles. The minimum Gasteiger partial charge on any atom is -0.357 e. The molecule has 1 aromatic carbocycles. The third kappa shape index (κ3) is 3.88. The van der Waals surface area contributed by atoms with E-state index in [0.717, 1.165) is 16.2 Å². The van der Waals surface area contributed by atoms with E-state index in [9.17, 15) is 8.42 Å². The molecular weight excluding hydrogens is 368 g/mol. The number of nitrogens with zero attached hydrogens (tertiary/aromatic N) is 3. The lowest BCUT2D eigenvalue weighted by molar-refractivity contribution is 0.593. The highest BCUT2D eigenvalue weighted by molar-refractivity contribution is 7.91. The molecule has 128 valence electrons. The van der Waals surface area contributed by atoms with Gasteiger partial charge in [-0.15, -0.1) is 5.10 Å². The molecule has 0 radical (unpaired) electrons. The van der Waals surface area contributed by atoms with Crippen LogP contribution in [0.25, 0.3) is 16.2 Å². The Morgan fingerprint density at radius 1 is 1.33 bits per heavy atom. The van der Waals surface area contributed by atoms with Gasteiger partial charge in [0, 0.05) is 22.4 Å². The third-order valence-corrected chi connectivity index (χ3v) is 6.49. The van der Waals surface area contributed by atoms with Crippen molar-refractivity contribution in [2.45, 2.75) is 19.9 Å². The number of hydrogen-bond donors (Lipinski definition) is 1. The Bertz CT molecular complexity index is 916. The summed E-state index contributed by atoms with van der Waals surface area (Å²) < 4.78 is 25.0. The van der Waals surface area contributed by atoms with Crippen LogP contribution in [0.15, 0.2) is 30.5 Å². The van der Waals surface area contributed by atoms with Crippen LogP contribution >= 0.6 is 22.9 Å². The Kier molecular flexibility index (Phi) is 4.80. The molecule has 0 bridgehead atoms. The number of fused-ring (bicyclic) bond motifs is 1. The van der Waals surface area contributed by atoms with Crippen LogP contribution in [0.4, 0.5) is 5.13 Å². The second-order valence-electron chi connectivity index (χ2n) is 5.51. The van der Waals surface area contributed by atoms with Gasteiger partial charge in [0.15, 0.2) is 9.84 Å². The summed E-state index contributed by atoms with van der Waals surface area (Å²) in [4.78, 5) is 5.29. The normalized spacial score (nSPS) is 13.3. The van der Waals surface area contributed by atoms with Gasteiger partial charge in [-0.05, 0) is 19.1 Å². The van der Waals surface area contributed by atoms with Crippen LogP contribution in [0.1, 0.15) is 13.8 Å². The molecule has 0 aliphatic heterocycles. The van der Waals surface area contributed by atoms with Crippen molar-refractivity contribution < 1.29 is 8.42 Å². The summed E-state index contributed by atoms with van der Waals surface area (Å²) in [5.41, 5.74) is 1.78. The van der Waals surface area contributed by atoms with Crippen LogP contribution in [0.5, 0.6) is 0 Å². The Labute approximate surface area is 149 Å². The van der Waals surface area contributed by atoms with Crippen molar-refractivity contribution in [3.63, 3.8) is 0 Å². The minimum absolute atomic E-state index is 0.0847. The van der Waals surface area contributed by atoms with Gasteiger partial charge in [0.05, 0.1) is 17.6 Å². The zero-order valence-electron chi connectivity index (χ0n) is 13.2. The molecule has 3 aromatic rings. The average Bonchev–Trinajstić information content (AvgIpc) is 3.05. The predicted molar refractivity (Wildman–Crippen MR) is 98.7 cm³/mol. The fourth-order valence-corrected chi connectivity index (χ4v) is 4.37. The number of rotatable bonds is 6. The number of sulfone groups is 1. The lowest BCUT2D eigenvalue weighted by Crippen LogP contribution is -2.26. The summed E-state index contributed by atoms with van der Waals surface area (Å²) in [7, 11) is -3.02. The van der Waals surface area contributed by atoms with Crippen LogP contribution in [0.3, 0.4) is 0 Å². The van der Waals surface area contributed by atoms with Crippen molar-refractivity contribution >= 4 is 42.9 Å². The summed E-state index contributed by atoms with van der Waals surface area (Å²) >= 11 is 7.28. The topological polar surface area (TPSA) is 76.4 Å². The SMILES string of the molecule is CCS(=O)(=O)CC(C)Nc1nn2cc(-c3ccc(Cl)cc3)nc2s1. The molecule has 0 amide bonds. The van der Waals surface area contributed by atoms with E-state index in [0.29, 0.717) is 10.2 Å². The number of hydrogen-bond acceptors (Lipinski definition) is 6. The summed E-state index contributed by atoms with van der Waals surface area (Å²) in [5, 5.41) is 8.87. The molecular formula is C15H17ClN4O2S2. The van der Waals surface area contributed by atoms with Crippen LogP contribution in [-0.2, 0) is 9.84 Å². The quantitative estimate of drug-likeness (QED) is 0.705. The van der Waals surface area contributed by atoms with Crippen molar-refractivity contribution in [3.05, 3.63) is 35.5 Å². The number of imidazole rings is 1. The van der Waals surface area contributed by atoms with E-state index in [1.165, 1.54) is 11.3 Å². The summed E-state index contributed by atoms with van der Waals surface area (Å²) in [6.07, 6.45) is 1.84. The van der Waals surface area contributed by atoms with Gasteiger partial charge in [0.1, 0.15) is 0 Å². The number of aromatic nitrogens is 3. The zero-order valence-corrected chi connectivity index (χ0v) is 15.6. The smallest absolute Gasteiger partial charge is 0.214 e. The first-order valence-corrected chi connectivity index (χ1v) is 10.5. The van der Waals surface area contributed by atoms with Crippen molar-refractivity contribution in [1.29, 1.82) is 0 Å². The van der Waals surface area contributed by atoms with Gasteiger partial charge in [0.25, 0.3) is 0 Å². The standard InChI is InChI=1S/C15H17ClN4O2S2/c1-3-24(21,22)9-10(2)17-14-19-20-8-13(18-15(20)23-14)11-4-6-12(16)7-5-11/h4-8,10H,3,9H2,1-2H3,(H,17,19). The highest BCUT2D eigenvalue weighted by Crippen LogP contribution is 2.25. The Hall–Kier alpha value is -1.64. The molecule has 1 N–H and O–H groups in total. The van der Waals surface area contributed by atoms with Gasteiger partial charge in [-0.25, -0.2) is 17.9 Å². The van der Waals surface area contributed by atoms with Crippen molar-refractivity contribution in [2.24, 2.45) is 0 Å². The largest absolute Gasteiger partial charge is 0.357 e. The lowest BCUT2D eigenvalue weighted by Gasteiger charge is -2.11. The first kappa shape index (κ1) is 17.2. The molecule has 0 saturated carbocycles. The van der Waals surface area contributed by atoms with Crippen LogP contribution in [0.2, 0.25) is 5.02 Å². The van der Waals surface area contributed by atoms with Gasteiger partial charge in [-0.1, -0.05) is 42.0 Å². The summed E-state index contributed by atoms with van der Waals surface area (Å²) in [6.45, 7) is 3.48. The predicted octanol–water partition coefficient (Wildman–Crippen LogP) is 3.35. The molecule has 0 saturated heterocycles. The third-order valence-electron chi connectivity index (χ3n) is 3.50. The molecule has 2 aromatic heterocycles. The van der Waals surface area contributed by atoms with Crippen LogP contribution in [-0.4, -0.2) is 40.6 Å². The van der Waals surface area contributed by atoms with E-state index in [1.807, 2.05) is 37.4 Å². The second kappa shape index (κ2) is 6.70. The maximum Gasteiger partial charge on any atom is 0.214 e. The second-order valence-corrected chi connectivity index (χ2v) is 9.30. The van der Waals surface area contributed by atoms with Crippen molar-refractivity contribution in [2.75, 3.05) is 16.8 Å². The van der Waals surface area contributed by atoms with Gasteiger partial charge >= 0.3 is 0 Å². The lowest BCUT2D eigenvalue weighted by atomic mass is 10.2. The molecule has 1 atom stereocenters. The van der Waals surface area contributed by atoms with E-state index in [4.69, 9.17) is 11.6 Å². The fourth-order valence-electron chi connectivity index (χ4n) is 2.27. The van der Waals surface area contributed by atoms with Crippen LogP contribution in [0, 0.1) is 0 Å². The first-order valence-electron chi connectivity index (χ1n) is 7.45. The average molecular weight is 385 g/mol. The van der Waals surface area contributed by atoms with E-state index in [1.54, 1.807) is 11.4 Å². The zero-order chi connectivity index (χ0) is 17.3. The van der Waals surface area contributed by atoms with E-state index in [2.05, 4.69) is 15.4 Å². The molecule has 0 spiro atoms. The monoisotopic (exact) mass is 384 g/mol. The van der Waals surface area contributed by atoms with Crippen LogP contribution < -0.4 is 5.32 Å². The van der Waals surface area contributed by atoms with Crippen molar-refractivity contribution in [3.8, 4) is 11.3 Å². The van der Waals surface area contributed by atoms with Gasteiger partial charge in [-0.2, -0.15) is 0 Å². The number of benzene rings is 1. The summed E-state index contributed by atoms with van der Waals surface area (Å²) in [6, 6.07) is 7.25. The molecule has 3 rings (SSSR count). The highest BCUT2D eigenvalue weighted by atomic mass is 35.5. The number of nitrogens with one attached hydrogen (secondary N) is 1. The Morgan fingerprint density at radius 2 is 2.04 bits per heavy atom. The first-order chi connectivity index (χ1) is 11.4. The van der Waals surface area contributed by atoms with E-state index >= 15 is 0 Å². The fraction of sp³-hybridized carbons (Fsp3) is 0.333. The minimum atomic E-state index is -3.02. The Morgan fingerprint density at radius 3 is 2.67 bits per heavy atom. The van der Waals surface area contributed by atoms with Gasteiger partial charge in [0.2, 0.25) is 10.1 Å².